The van der Waals surface area contributed by atoms with Crippen molar-refractivity contribution < 1.29 is 0 Å². The first-order chi connectivity index (χ1) is 9.28. The van der Waals surface area contributed by atoms with Crippen molar-refractivity contribution in [3.63, 3.8) is 0 Å². The van der Waals surface area contributed by atoms with Crippen LogP contribution in [-0.2, 0) is 13.5 Å². The van der Waals surface area contributed by atoms with Gasteiger partial charge in [-0.15, -0.1) is 11.3 Å². The zero-order valence-electron chi connectivity index (χ0n) is 11.1. The van der Waals surface area contributed by atoms with Crippen molar-refractivity contribution in [2.75, 3.05) is 6.54 Å². The quantitative estimate of drug-likeness (QED) is 0.775. The van der Waals surface area contributed by atoms with Crippen LogP contribution >= 0.6 is 11.3 Å². The average molecular weight is 275 g/mol. The standard InChI is InChI=1S/C13H17N5S/c1-3-15-11(12-7-14-9-17(12)2)6-10-8-18-4-5-19-13(18)16-10/h4-5,7-9,11,15H,3,6H2,1-2H3. The van der Waals surface area contributed by atoms with Crippen LogP contribution in [0, 0.1) is 0 Å². The number of likely N-dealkylation sites (N-methyl/N-ethyl adjacent to an activating group) is 1. The summed E-state index contributed by atoms with van der Waals surface area (Å²) in [6.07, 6.45) is 8.79. The number of aromatic nitrogens is 4. The summed E-state index contributed by atoms with van der Waals surface area (Å²) in [5.41, 5.74) is 2.30. The Kier molecular flexibility index (Phi) is 3.35. The molecular weight excluding hydrogens is 258 g/mol. The molecule has 0 fully saturated rings. The van der Waals surface area contributed by atoms with Crippen LogP contribution in [-0.4, -0.2) is 25.5 Å². The Morgan fingerprint density at radius 3 is 3.05 bits per heavy atom. The normalized spacial score (nSPS) is 13.2. The van der Waals surface area contributed by atoms with Gasteiger partial charge < -0.3 is 9.88 Å². The minimum Gasteiger partial charge on any atom is -0.336 e. The second-order valence-corrected chi connectivity index (χ2v) is 5.44. The molecular formula is C13H17N5S. The molecule has 1 unspecified atom stereocenters. The highest BCUT2D eigenvalue weighted by Gasteiger charge is 2.16. The third-order valence-corrected chi connectivity index (χ3v) is 3.99. The summed E-state index contributed by atoms with van der Waals surface area (Å²) in [6.45, 7) is 3.05. The molecule has 3 rings (SSSR count). The van der Waals surface area contributed by atoms with Gasteiger partial charge in [-0.2, -0.15) is 0 Å². The summed E-state index contributed by atoms with van der Waals surface area (Å²) in [5.74, 6) is 0. The number of thiazole rings is 1. The maximum atomic E-state index is 4.65. The Labute approximate surface area is 115 Å². The van der Waals surface area contributed by atoms with Gasteiger partial charge in [0.25, 0.3) is 0 Å². The minimum absolute atomic E-state index is 0.252. The van der Waals surface area contributed by atoms with Crippen LogP contribution in [0.25, 0.3) is 4.96 Å². The predicted octanol–water partition coefficient (Wildman–Crippen LogP) is 2.02. The van der Waals surface area contributed by atoms with Gasteiger partial charge in [0.1, 0.15) is 0 Å². The average Bonchev–Trinajstić information content (AvgIpc) is 3.03. The lowest BCUT2D eigenvalue weighted by Gasteiger charge is -2.17. The molecule has 3 aromatic heterocycles. The molecule has 0 spiro atoms. The van der Waals surface area contributed by atoms with E-state index in [9.17, 15) is 0 Å². The van der Waals surface area contributed by atoms with Crippen molar-refractivity contribution in [3.8, 4) is 0 Å². The molecule has 100 valence electrons. The number of nitrogens with zero attached hydrogens (tertiary/aromatic N) is 4. The molecule has 0 saturated carbocycles. The van der Waals surface area contributed by atoms with Crippen molar-refractivity contribution >= 4 is 16.3 Å². The first-order valence-electron chi connectivity index (χ1n) is 6.38. The summed E-state index contributed by atoms with van der Waals surface area (Å²) in [6, 6.07) is 0.252. The first-order valence-corrected chi connectivity index (χ1v) is 7.26. The van der Waals surface area contributed by atoms with Gasteiger partial charge in [-0.3, -0.25) is 4.40 Å². The molecule has 5 nitrogen and oxygen atoms in total. The van der Waals surface area contributed by atoms with E-state index in [1.165, 1.54) is 5.69 Å². The van der Waals surface area contributed by atoms with Gasteiger partial charge in [-0.1, -0.05) is 6.92 Å². The van der Waals surface area contributed by atoms with Crippen molar-refractivity contribution in [1.82, 2.24) is 24.3 Å². The molecule has 0 bridgehead atoms. The van der Waals surface area contributed by atoms with Crippen molar-refractivity contribution in [1.29, 1.82) is 0 Å². The molecule has 6 heteroatoms. The highest BCUT2D eigenvalue weighted by molar-refractivity contribution is 7.15. The summed E-state index contributed by atoms with van der Waals surface area (Å²) >= 11 is 1.66. The maximum absolute atomic E-state index is 4.65. The summed E-state index contributed by atoms with van der Waals surface area (Å²) in [5, 5.41) is 5.55. The van der Waals surface area contributed by atoms with E-state index in [-0.39, 0.29) is 6.04 Å². The highest BCUT2D eigenvalue weighted by Crippen LogP contribution is 2.19. The Hall–Kier alpha value is -1.66. The van der Waals surface area contributed by atoms with Gasteiger partial charge in [-0.25, -0.2) is 9.97 Å². The number of hydrogen-bond donors (Lipinski definition) is 1. The number of aryl methyl sites for hydroxylation is 1. The van der Waals surface area contributed by atoms with E-state index in [0.29, 0.717) is 0 Å². The zero-order chi connectivity index (χ0) is 13.2. The van der Waals surface area contributed by atoms with E-state index in [1.54, 1.807) is 11.3 Å². The summed E-state index contributed by atoms with van der Waals surface area (Å²) in [7, 11) is 2.03. The van der Waals surface area contributed by atoms with Crippen molar-refractivity contribution in [3.05, 3.63) is 41.7 Å². The molecule has 0 amide bonds. The fourth-order valence-electron chi connectivity index (χ4n) is 2.31. The van der Waals surface area contributed by atoms with E-state index < -0.39 is 0 Å². The second-order valence-electron chi connectivity index (χ2n) is 4.57. The van der Waals surface area contributed by atoms with Crippen LogP contribution in [0.15, 0.2) is 30.3 Å². The largest absolute Gasteiger partial charge is 0.336 e. The van der Waals surface area contributed by atoms with Gasteiger partial charge in [-0.05, 0) is 6.54 Å². The summed E-state index contributed by atoms with van der Waals surface area (Å²) in [4.78, 5) is 9.90. The first kappa shape index (κ1) is 12.4. The van der Waals surface area contributed by atoms with Crippen LogP contribution in [0.1, 0.15) is 24.4 Å². The predicted molar refractivity (Wildman–Crippen MR) is 76.4 cm³/mol. The second kappa shape index (κ2) is 5.14. The molecule has 0 aliphatic heterocycles. The molecule has 1 atom stereocenters. The topological polar surface area (TPSA) is 47.1 Å². The van der Waals surface area contributed by atoms with Crippen LogP contribution in [0.4, 0.5) is 0 Å². The Morgan fingerprint density at radius 2 is 2.37 bits per heavy atom. The van der Waals surface area contributed by atoms with Crippen molar-refractivity contribution in [2.45, 2.75) is 19.4 Å². The number of nitrogens with one attached hydrogen (secondary N) is 1. The third-order valence-electron chi connectivity index (χ3n) is 3.22. The van der Waals surface area contributed by atoms with E-state index in [1.807, 2.05) is 25.8 Å². The van der Waals surface area contributed by atoms with E-state index in [2.05, 4.69) is 42.8 Å². The Bertz CT molecular complexity index is 637. The number of rotatable bonds is 5. The fourth-order valence-corrected chi connectivity index (χ4v) is 3.03. The lowest BCUT2D eigenvalue weighted by molar-refractivity contribution is 0.517. The molecule has 0 aromatic carbocycles. The lowest BCUT2D eigenvalue weighted by atomic mass is 10.1. The molecule has 3 heterocycles. The van der Waals surface area contributed by atoms with Gasteiger partial charge in [0.2, 0.25) is 0 Å². The maximum Gasteiger partial charge on any atom is 0.193 e. The molecule has 0 aliphatic rings. The highest BCUT2D eigenvalue weighted by atomic mass is 32.1. The van der Waals surface area contributed by atoms with Gasteiger partial charge in [0.15, 0.2) is 4.96 Å². The lowest BCUT2D eigenvalue weighted by Crippen LogP contribution is -2.24. The van der Waals surface area contributed by atoms with E-state index >= 15 is 0 Å². The zero-order valence-corrected chi connectivity index (χ0v) is 11.9. The summed E-state index contributed by atoms with van der Waals surface area (Å²) < 4.78 is 4.14. The number of hydrogen-bond acceptors (Lipinski definition) is 4. The monoisotopic (exact) mass is 275 g/mol. The molecule has 0 saturated heterocycles. The van der Waals surface area contributed by atoms with Crippen LogP contribution < -0.4 is 5.32 Å². The molecule has 1 N–H and O–H groups in total. The van der Waals surface area contributed by atoms with Gasteiger partial charge in [0.05, 0.1) is 23.8 Å². The molecule has 3 aromatic rings. The molecule has 0 aliphatic carbocycles. The fraction of sp³-hybridized carbons (Fsp3) is 0.385. The SMILES string of the molecule is CCNC(Cc1cn2ccsc2n1)c1cncn1C. The number of fused-ring (bicyclic) bond motifs is 1. The smallest absolute Gasteiger partial charge is 0.193 e. The Balaban J connectivity index is 1.85. The minimum atomic E-state index is 0.252. The molecule has 19 heavy (non-hydrogen) atoms. The van der Waals surface area contributed by atoms with Crippen LogP contribution in [0.5, 0.6) is 0 Å². The van der Waals surface area contributed by atoms with Gasteiger partial charge >= 0.3 is 0 Å². The van der Waals surface area contributed by atoms with Crippen LogP contribution in [0.3, 0.4) is 0 Å². The van der Waals surface area contributed by atoms with Crippen LogP contribution in [0.2, 0.25) is 0 Å². The molecule has 0 radical (unpaired) electrons. The third kappa shape index (κ3) is 2.41. The Morgan fingerprint density at radius 1 is 1.47 bits per heavy atom. The van der Waals surface area contributed by atoms with Gasteiger partial charge in [0, 0.05) is 37.4 Å². The van der Waals surface area contributed by atoms with E-state index in [4.69, 9.17) is 0 Å². The van der Waals surface area contributed by atoms with E-state index in [0.717, 1.165) is 23.6 Å². The number of imidazole rings is 2. The van der Waals surface area contributed by atoms with Crippen molar-refractivity contribution in [2.24, 2.45) is 7.05 Å².